The number of anilines is 3. The van der Waals surface area contributed by atoms with Crippen LogP contribution in [0.4, 0.5) is 22.2 Å². The number of nitrogens with one attached hydrogen (secondary N) is 2. The highest BCUT2D eigenvalue weighted by Crippen LogP contribution is 2.40. The number of carbonyl (C=O) groups is 2. The first-order chi connectivity index (χ1) is 19.3. The van der Waals surface area contributed by atoms with Gasteiger partial charge in [0.2, 0.25) is 0 Å². The van der Waals surface area contributed by atoms with Crippen LogP contribution >= 0.6 is 0 Å². The summed E-state index contributed by atoms with van der Waals surface area (Å²) < 4.78 is 15.8. The Morgan fingerprint density at radius 3 is 2.62 bits per heavy atom. The first-order valence-electron chi connectivity index (χ1n) is 14.6. The molecule has 0 radical (unpaired) electrons. The average molecular weight is 566 g/mol. The van der Waals surface area contributed by atoms with Gasteiger partial charge >= 0.3 is 6.03 Å². The van der Waals surface area contributed by atoms with Gasteiger partial charge in [0.05, 0.1) is 5.56 Å². The lowest BCUT2D eigenvalue weighted by atomic mass is 9.93. The van der Waals surface area contributed by atoms with E-state index in [9.17, 15) is 13.8 Å². The zero-order valence-electron chi connectivity index (χ0n) is 23.4. The summed E-state index contributed by atoms with van der Waals surface area (Å²) in [6.07, 6.45) is 8.67. The third-order valence-corrected chi connectivity index (χ3v) is 9.83. The van der Waals surface area contributed by atoms with Crippen LogP contribution in [0.25, 0.3) is 0 Å². The lowest BCUT2D eigenvalue weighted by Crippen LogP contribution is -2.42. The maximum atomic E-state index is 13.6. The van der Waals surface area contributed by atoms with E-state index in [2.05, 4.69) is 33.8 Å². The zero-order valence-corrected chi connectivity index (χ0v) is 24.2. The molecule has 10 nitrogen and oxygen atoms in total. The highest BCUT2D eigenvalue weighted by atomic mass is 32.2. The number of urea groups is 1. The van der Waals surface area contributed by atoms with Gasteiger partial charge in [-0.3, -0.25) is 14.4 Å². The first kappa shape index (κ1) is 27.0. The summed E-state index contributed by atoms with van der Waals surface area (Å²) in [5.74, 6) is 1.71. The molecule has 0 aromatic carbocycles. The largest absolute Gasteiger partial charge is 0.370 e. The molecule has 0 spiro atoms. The molecule has 2 N–H and O–H groups in total. The SMILES string of the molecule is CC1(C)CC2CCCNc3cccc(n3)S(=O)NC(=O)c3ccc(N4CCN(C5CCCCC5)C4=O)nc3N1C2. The van der Waals surface area contributed by atoms with Crippen LogP contribution in [0.5, 0.6) is 0 Å². The van der Waals surface area contributed by atoms with Crippen molar-refractivity contribution in [1.82, 2.24) is 19.6 Å². The summed E-state index contributed by atoms with van der Waals surface area (Å²) in [6.45, 7) is 7.17. The molecule has 2 aromatic rings. The van der Waals surface area contributed by atoms with Crippen LogP contribution in [0.1, 0.15) is 75.6 Å². The summed E-state index contributed by atoms with van der Waals surface area (Å²) in [7, 11) is -1.84. The molecular weight excluding hydrogens is 526 g/mol. The lowest BCUT2D eigenvalue weighted by Gasteiger charge is -2.34. The van der Waals surface area contributed by atoms with Crippen LogP contribution in [0.3, 0.4) is 0 Å². The van der Waals surface area contributed by atoms with E-state index in [1.165, 1.54) is 19.3 Å². The zero-order chi connectivity index (χ0) is 27.9. The molecule has 40 heavy (non-hydrogen) atoms. The monoisotopic (exact) mass is 565 g/mol. The van der Waals surface area contributed by atoms with Crippen LogP contribution in [-0.4, -0.2) is 68.8 Å². The predicted molar refractivity (Wildman–Crippen MR) is 156 cm³/mol. The van der Waals surface area contributed by atoms with Crippen molar-refractivity contribution in [2.75, 3.05) is 41.3 Å². The Morgan fingerprint density at radius 2 is 1.80 bits per heavy atom. The molecule has 1 saturated carbocycles. The normalized spacial score (nSPS) is 25.6. The Balaban J connectivity index is 1.34. The van der Waals surface area contributed by atoms with Gasteiger partial charge in [0.15, 0.2) is 16.0 Å². The Labute approximate surface area is 238 Å². The molecule has 6 rings (SSSR count). The second kappa shape index (κ2) is 11.0. The second-order valence-corrected chi connectivity index (χ2v) is 13.2. The van der Waals surface area contributed by atoms with Crippen LogP contribution in [0, 0.1) is 5.92 Å². The molecule has 214 valence electrons. The van der Waals surface area contributed by atoms with Crippen molar-refractivity contribution in [2.24, 2.45) is 5.92 Å². The van der Waals surface area contributed by atoms with Crippen LogP contribution in [-0.2, 0) is 11.0 Å². The number of aromatic nitrogens is 2. The number of amides is 3. The Morgan fingerprint density at radius 1 is 0.975 bits per heavy atom. The molecule has 3 amide bonds. The van der Waals surface area contributed by atoms with Gasteiger partial charge in [0.1, 0.15) is 17.5 Å². The summed E-state index contributed by atoms with van der Waals surface area (Å²) in [6, 6.07) is 9.06. The highest BCUT2D eigenvalue weighted by Gasteiger charge is 2.42. The van der Waals surface area contributed by atoms with E-state index in [0.29, 0.717) is 48.1 Å². The quantitative estimate of drug-likeness (QED) is 0.558. The van der Waals surface area contributed by atoms with Gasteiger partial charge < -0.3 is 15.1 Å². The Kier molecular flexibility index (Phi) is 7.41. The van der Waals surface area contributed by atoms with Crippen molar-refractivity contribution < 1.29 is 13.8 Å². The minimum Gasteiger partial charge on any atom is -0.370 e. The number of hydrogen-bond acceptors (Lipinski definition) is 7. The molecule has 2 unspecified atom stereocenters. The van der Waals surface area contributed by atoms with Gasteiger partial charge in [0.25, 0.3) is 5.91 Å². The van der Waals surface area contributed by atoms with Gasteiger partial charge in [-0.2, -0.15) is 0 Å². The Bertz CT molecular complexity index is 1310. The maximum absolute atomic E-state index is 13.6. The fourth-order valence-electron chi connectivity index (χ4n) is 6.84. The van der Waals surface area contributed by atoms with Crippen molar-refractivity contribution in [2.45, 2.75) is 81.8 Å². The molecule has 1 aliphatic carbocycles. The van der Waals surface area contributed by atoms with Gasteiger partial charge in [-0.25, -0.2) is 19.0 Å². The highest BCUT2D eigenvalue weighted by molar-refractivity contribution is 7.83. The molecule has 4 aliphatic rings. The smallest absolute Gasteiger partial charge is 0.326 e. The third kappa shape index (κ3) is 5.27. The van der Waals surface area contributed by atoms with Crippen molar-refractivity contribution >= 4 is 40.4 Å². The molecule has 3 aliphatic heterocycles. The lowest BCUT2D eigenvalue weighted by molar-refractivity contribution is 0.0983. The Hall–Kier alpha value is -3.21. The van der Waals surface area contributed by atoms with Crippen LogP contribution in [0.15, 0.2) is 35.4 Å². The standard InChI is InChI=1S/C29H39N7O3S/c1-29(2)18-20-8-7-15-30-23-11-6-12-25(31-23)40(39)33-27(37)22-13-14-24(32-26(22)36(29)19-20)35-17-16-34(28(35)38)21-9-4-3-5-10-21/h6,11-14,20-21H,3-5,7-10,15-19H2,1-2H3,(H,30,31)(H,33,37). The van der Waals surface area contributed by atoms with Crippen molar-refractivity contribution in [3.05, 3.63) is 35.9 Å². The molecule has 2 atom stereocenters. The fourth-order valence-corrected chi connectivity index (χ4v) is 7.60. The molecule has 11 heteroatoms. The summed E-state index contributed by atoms with van der Waals surface area (Å²) in [5, 5.41) is 3.61. The van der Waals surface area contributed by atoms with Crippen molar-refractivity contribution in [1.29, 1.82) is 0 Å². The van der Waals surface area contributed by atoms with E-state index in [-0.39, 0.29) is 16.6 Å². The predicted octanol–water partition coefficient (Wildman–Crippen LogP) is 4.31. The van der Waals surface area contributed by atoms with Crippen molar-refractivity contribution in [3.8, 4) is 0 Å². The van der Waals surface area contributed by atoms with E-state index >= 15 is 0 Å². The van der Waals surface area contributed by atoms with E-state index in [0.717, 1.165) is 45.2 Å². The third-order valence-electron chi connectivity index (χ3n) is 8.85. The summed E-state index contributed by atoms with van der Waals surface area (Å²) in [4.78, 5) is 42.5. The number of rotatable bonds is 2. The van der Waals surface area contributed by atoms with Gasteiger partial charge in [0, 0.05) is 37.8 Å². The van der Waals surface area contributed by atoms with Crippen LogP contribution in [0.2, 0.25) is 0 Å². The number of hydrogen-bond donors (Lipinski definition) is 2. The fraction of sp³-hybridized carbons (Fsp3) is 0.586. The van der Waals surface area contributed by atoms with E-state index in [4.69, 9.17) is 4.98 Å². The minimum absolute atomic E-state index is 0.000869. The molecule has 2 saturated heterocycles. The number of pyridine rings is 2. The maximum Gasteiger partial charge on any atom is 0.326 e. The number of nitrogens with zero attached hydrogens (tertiary/aromatic N) is 5. The van der Waals surface area contributed by atoms with E-state index in [1.54, 1.807) is 29.2 Å². The molecule has 5 heterocycles. The molecular formula is C29H39N7O3S. The molecule has 4 bridgehead atoms. The summed E-state index contributed by atoms with van der Waals surface area (Å²) >= 11 is 0. The summed E-state index contributed by atoms with van der Waals surface area (Å²) in [5.41, 5.74) is 0.120. The van der Waals surface area contributed by atoms with E-state index in [1.807, 2.05) is 11.0 Å². The first-order valence-corrected chi connectivity index (χ1v) is 15.8. The second-order valence-electron chi connectivity index (χ2n) is 12.1. The number of carbonyl (C=O) groups excluding carboxylic acids is 2. The average Bonchev–Trinajstić information content (AvgIpc) is 3.49. The topological polar surface area (TPSA) is 111 Å². The minimum atomic E-state index is -1.84. The van der Waals surface area contributed by atoms with Crippen molar-refractivity contribution in [3.63, 3.8) is 0 Å². The van der Waals surface area contributed by atoms with Gasteiger partial charge in [-0.15, -0.1) is 0 Å². The van der Waals surface area contributed by atoms with E-state index < -0.39 is 16.9 Å². The van der Waals surface area contributed by atoms with Crippen LogP contribution < -0.4 is 19.8 Å². The van der Waals surface area contributed by atoms with Gasteiger partial charge in [-0.05, 0) is 76.1 Å². The molecule has 2 aromatic heterocycles. The number of fused-ring (bicyclic) bond motifs is 6. The molecule has 3 fully saturated rings. The van der Waals surface area contributed by atoms with Gasteiger partial charge in [-0.1, -0.05) is 25.3 Å².